The molecule has 2 rings (SSSR count). The number of carbonyl (C=O) groups excluding carboxylic acids is 2. The summed E-state index contributed by atoms with van der Waals surface area (Å²) in [6.07, 6.45) is 2.67. The fourth-order valence-corrected chi connectivity index (χ4v) is 2.22. The van der Waals surface area contributed by atoms with Crippen molar-refractivity contribution in [1.82, 2.24) is 10.2 Å². The molecule has 1 saturated carbocycles. The first kappa shape index (κ1) is 13.3. The van der Waals surface area contributed by atoms with Crippen LogP contribution < -0.4 is 5.32 Å². The summed E-state index contributed by atoms with van der Waals surface area (Å²) in [5.41, 5.74) is 0. The number of carbonyl (C=O) groups is 2. The Morgan fingerprint density at radius 3 is 2.72 bits per heavy atom. The molecule has 0 bridgehead atoms. The van der Waals surface area contributed by atoms with E-state index in [-0.39, 0.29) is 24.0 Å². The average Bonchev–Trinajstić information content (AvgIpc) is 3.12. The summed E-state index contributed by atoms with van der Waals surface area (Å²) in [5, 5.41) is 2.85. The standard InChI is InChI=1S/C13H22N2O3/c1-9(2)18-8-7-15-6-5-11(16)14-12(13(15)17)10-3-4-10/h9-10,12H,3-8H2,1-2H3,(H,14,16). The largest absolute Gasteiger partial charge is 0.377 e. The third kappa shape index (κ3) is 3.45. The lowest BCUT2D eigenvalue weighted by Gasteiger charge is -2.24. The smallest absolute Gasteiger partial charge is 0.245 e. The van der Waals surface area contributed by atoms with Crippen LogP contribution in [0.3, 0.4) is 0 Å². The highest BCUT2D eigenvalue weighted by molar-refractivity contribution is 5.90. The second-order valence-electron chi connectivity index (χ2n) is 5.38. The zero-order chi connectivity index (χ0) is 13.1. The van der Waals surface area contributed by atoms with Crippen LogP contribution in [0.2, 0.25) is 0 Å². The van der Waals surface area contributed by atoms with Gasteiger partial charge in [0.15, 0.2) is 0 Å². The Morgan fingerprint density at radius 2 is 2.11 bits per heavy atom. The van der Waals surface area contributed by atoms with E-state index < -0.39 is 0 Å². The quantitative estimate of drug-likeness (QED) is 0.779. The zero-order valence-corrected chi connectivity index (χ0v) is 11.1. The van der Waals surface area contributed by atoms with Gasteiger partial charge in [0.2, 0.25) is 11.8 Å². The number of rotatable bonds is 5. The molecule has 0 aromatic heterocycles. The first-order valence-corrected chi connectivity index (χ1v) is 6.77. The molecule has 0 radical (unpaired) electrons. The van der Waals surface area contributed by atoms with Crippen LogP contribution in [0.4, 0.5) is 0 Å². The van der Waals surface area contributed by atoms with Crippen molar-refractivity contribution in [3.8, 4) is 0 Å². The van der Waals surface area contributed by atoms with Crippen molar-refractivity contribution in [2.45, 2.75) is 45.3 Å². The maximum atomic E-state index is 12.3. The predicted octanol–water partition coefficient (Wildman–Crippen LogP) is 0.538. The van der Waals surface area contributed by atoms with Gasteiger partial charge in [-0.2, -0.15) is 0 Å². The normalized spacial score (nSPS) is 25.3. The van der Waals surface area contributed by atoms with Crippen LogP contribution in [0.1, 0.15) is 33.1 Å². The van der Waals surface area contributed by atoms with Crippen molar-refractivity contribution < 1.29 is 14.3 Å². The van der Waals surface area contributed by atoms with E-state index in [0.29, 0.717) is 32.0 Å². The summed E-state index contributed by atoms with van der Waals surface area (Å²) in [6, 6.07) is -0.293. The van der Waals surface area contributed by atoms with Crippen LogP contribution in [0.5, 0.6) is 0 Å². The van der Waals surface area contributed by atoms with Gasteiger partial charge in [-0.25, -0.2) is 0 Å². The van der Waals surface area contributed by atoms with Gasteiger partial charge in [0.25, 0.3) is 0 Å². The molecule has 1 saturated heterocycles. The molecule has 2 aliphatic rings. The van der Waals surface area contributed by atoms with Gasteiger partial charge in [-0.05, 0) is 32.6 Å². The van der Waals surface area contributed by atoms with Gasteiger partial charge in [0.05, 0.1) is 12.7 Å². The van der Waals surface area contributed by atoms with E-state index in [4.69, 9.17) is 4.74 Å². The monoisotopic (exact) mass is 254 g/mol. The SMILES string of the molecule is CC(C)OCCN1CCC(=O)NC(C2CC2)C1=O. The van der Waals surface area contributed by atoms with Gasteiger partial charge in [0.1, 0.15) is 6.04 Å². The van der Waals surface area contributed by atoms with Crippen molar-refractivity contribution in [3.05, 3.63) is 0 Å². The van der Waals surface area contributed by atoms with E-state index in [1.807, 2.05) is 13.8 Å². The van der Waals surface area contributed by atoms with Gasteiger partial charge in [-0.1, -0.05) is 0 Å². The maximum absolute atomic E-state index is 12.3. The van der Waals surface area contributed by atoms with Crippen LogP contribution in [0.15, 0.2) is 0 Å². The molecule has 1 aliphatic carbocycles. The van der Waals surface area contributed by atoms with E-state index >= 15 is 0 Å². The minimum Gasteiger partial charge on any atom is -0.377 e. The molecule has 1 atom stereocenters. The Morgan fingerprint density at radius 1 is 1.39 bits per heavy atom. The topological polar surface area (TPSA) is 58.6 Å². The number of amides is 2. The minimum absolute atomic E-state index is 0.00692. The molecule has 5 heteroatoms. The Labute approximate surface area is 108 Å². The van der Waals surface area contributed by atoms with Crippen LogP contribution in [-0.4, -0.2) is 48.6 Å². The Balaban J connectivity index is 1.91. The van der Waals surface area contributed by atoms with Gasteiger partial charge in [-0.3, -0.25) is 9.59 Å². The van der Waals surface area contributed by atoms with E-state index in [9.17, 15) is 9.59 Å². The van der Waals surface area contributed by atoms with Crippen molar-refractivity contribution in [2.24, 2.45) is 5.92 Å². The summed E-state index contributed by atoms with van der Waals surface area (Å²) in [7, 11) is 0. The molecule has 102 valence electrons. The fourth-order valence-electron chi connectivity index (χ4n) is 2.22. The Kier molecular flexibility index (Phi) is 4.22. The van der Waals surface area contributed by atoms with Crippen LogP contribution in [0, 0.1) is 5.92 Å². The van der Waals surface area contributed by atoms with Crippen molar-refractivity contribution in [1.29, 1.82) is 0 Å². The molecular weight excluding hydrogens is 232 g/mol. The third-order valence-corrected chi connectivity index (χ3v) is 3.41. The summed E-state index contributed by atoms with van der Waals surface area (Å²) >= 11 is 0. The van der Waals surface area contributed by atoms with Gasteiger partial charge in [0, 0.05) is 19.5 Å². The minimum atomic E-state index is -0.293. The van der Waals surface area contributed by atoms with E-state index in [1.54, 1.807) is 4.90 Å². The molecule has 0 aromatic carbocycles. The molecule has 5 nitrogen and oxygen atoms in total. The van der Waals surface area contributed by atoms with E-state index in [0.717, 1.165) is 12.8 Å². The first-order valence-electron chi connectivity index (χ1n) is 6.77. The third-order valence-electron chi connectivity index (χ3n) is 3.41. The lowest BCUT2D eigenvalue weighted by Crippen LogP contribution is -2.46. The molecule has 2 amide bonds. The van der Waals surface area contributed by atoms with Crippen LogP contribution in [-0.2, 0) is 14.3 Å². The van der Waals surface area contributed by atoms with Gasteiger partial charge < -0.3 is 15.0 Å². The average molecular weight is 254 g/mol. The number of nitrogens with one attached hydrogen (secondary N) is 1. The van der Waals surface area contributed by atoms with Gasteiger partial charge in [-0.15, -0.1) is 0 Å². The molecule has 0 aromatic rings. The predicted molar refractivity (Wildman–Crippen MR) is 66.9 cm³/mol. The van der Waals surface area contributed by atoms with E-state index in [2.05, 4.69) is 5.32 Å². The molecule has 1 aliphatic heterocycles. The zero-order valence-electron chi connectivity index (χ0n) is 11.1. The number of hydrogen-bond donors (Lipinski definition) is 1. The van der Waals surface area contributed by atoms with Crippen molar-refractivity contribution >= 4 is 11.8 Å². The van der Waals surface area contributed by atoms with Crippen molar-refractivity contribution in [3.63, 3.8) is 0 Å². The lowest BCUT2D eigenvalue weighted by molar-refractivity contribution is -0.135. The molecular formula is C13H22N2O3. The molecule has 1 heterocycles. The van der Waals surface area contributed by atoms with Crippen LogP contribution in [0.25, 0.3) is 0 Å². The summed E-state index contributed by atoms with van der Waals surface area (Å²) < 4.78 is 5.47. The maximum Gasteiger partial charge on any atom is 0.245 e. The Hall–Kier alpha value is -1.10. The first-order chi connectivity index (χ1) is 8.58. The lowest BCUT2D eigenvalue weighted by atomic mass is 10.1. The molecule has 0 spiro atoms. The highest BCUT2D eigenvalue weighted by atomic mass is 16.5. The highest BCUT2D eigenvalue weighted by Crippen LogP contribution is 2.34. The van der Waals surface area contributed by atoms with Crippen LogP contribution >= 0.6 is 0 Å². The number of nitrogens with zero attached hydrogens (tertiary/aromatic N) is 1. The molecule has 18 heavy (non-hydrogen) atoms. The van der Waals surface area contributed by atoms with Crippen molar-refractivity contribution in [2.75, 3.05) is 19.7 Å². The highest BCUT2D eigenvalue weighted by Gasteiger charge is 2.40. The summed E-state index contributed by atoms with van der Waals surface area (Å²) in [5.74, 6) is 0.413. The van der Waals surface area contributed by atoms with Gasteiger partial charge >= 0.3 is 0 Å². The summed E-state index contributed by atoms with van der Waals surface area (Å²) in [4.78, 5) is 25.6. The Bertz CT molecular complexity index is 326. The number of ether oxygens (including phenoxy) is 1. The molecule has 1 N–H and O–H groups in total. The number of hydrogen-bond acceptors (Lipinski definition) is 3. The fraction of sp³-hybridized carbons (Fsp3) is 0.846. The van der Waals surface area contributed by atoms with E-state index in [1.165, 1.54) is 0 Å². The molecule has 2 fully saturated rings. The second kappa shape index (κ2) is 5.69. The summed E-state index contributed by atoms with van der Waals surface area (Å²) in [6.45, 7) is 5.57. The molecule has 1 unspecified atom stereocenters. The second-order valence-corrected chi connectivity index (χ2v) is 5.38.